The summed E-state index contributed by atoms with van der Waals surface area (Å²) >= 11 is 2.12. The lowest BCUT2D eigenvalue weighted by atomic mass is 9.99. The average molecular weight is 316 g/mol. The third kappa shape index (κ3) is 3.01. The molecule has 2 fully saturated rings. The minimum atomic E-state index is 0.711. The number of fused-ring (bicyclic) bond motifs is 1. The molecule has 2 atom stereocenters. The van der Waals surface area contributed by atoms with Crippen LogP contribution in [0, 0.1) is 5.92 Å². The highest BCUT2D eigenvalue weighted by molar-refractivity contribution is 8.00. The molecule has 2 aromatic heterocycles. The molecular formula is C17H24N4S. The molecule has 0 aromatic carbocycles. The summed E-state index contributed by atoms with van der Waals surface area (Å²) in [4.78, 5) is 9.52. The van der Waals surface area contributed by atoms with E-state index in [0.717, 1.165) is 35.9 Å². The zero-order valence-electron chi connectivity index (χ0n) is 13.0. The Morgan fingerprint density at radius 3 is 3.14 bits per heavy atom. The second-order valence-corrected chi connectivity index (χ2v) is 7.94. The van der Waals surface area contributed by atoms with Gasteiger partial charge in [-0.2, -0.15) is 11.8 Å². The monoisotopic (exact) mass is 316 g/mol. The largest absolute Gasteiger partial charge is 0.316 e. The van der Waals surface area contributed by atoms with Crippen molar-refractivity contribution >= 4 is 22.9 Å². The highest BCUT2D eigenvalue weighted by atomic mass is 32.2. The van der Waals surface area contributed by atoms with Gasteiger partial charge in [0.2, 0.25) is 0 Å². The van der Waals surface area contributed by atoms with Crippen LogP contribution in [0.2, 0.25) is 0 Å². The fourth-order valence-electron chi connectivity index (χ4n) is 3.70. The minimum Gasteiger partial charge on any atom is -0.316 e. The molecule has 5 heteroatoms. The van der Waals surface area contributed by atoms with Crippen LogP contribution in [-0.4, -0.2) is 38.6 Å². The number of imidazole rings is 1. The number of hydrogen-bond donors (Lipinski definition) is 1. The summed E-state index contributed by atoms with van der Waals surface area (Å²) in [7, 11) is 0. The normalized spacial score (nSPS) is 25.8. The molecule has 4 rings (SSSR count). The second kappa shape index (κ2) is 6.59. The molecule has 4 nitrogen and oxygen atoms in total. The number of rotatable bonds is 4. The third-order valence-corrected chi connectivity index (χ3v) is 6.25. The van der Waals surface area contributed by atoms with Gasteiger partial charge in [-0.1, -0.05) is 0 Å². The highest BCUT2D eigenvalue weighted by Gasteiger charge is 2.22. The summed E-state index contributed by atoms with van der Waals surface area (Å²) in [6, 6.07) is 4.10. The summed E-state index contributed by atoms with van der Waals surface area (Å²) in [5.41, 5.74) is 2.13. The molecule has 22 heavy (non-hydrogen) atoms. The van der Waals surface area contributed by atoms with Crippen LogP contribution in [0.4, 0.5) is 0 Å². The van der Waals surface area contributed by atoms with Crippen molar-refractivity contribution in [2.24, 2.45) is 5.92 Å². The third-order valence-electron chi connectivity index (χ3n) is 4.86. The number of hydrogen-bond acceptors (Lipinski definition) is 4. The van der Waals surface area contributed by atoms with Crippen molar-refractivity contribution < 1.29 is 0 Å². The van der Waals surface area contributed by atoms with E-state index in [0.29, 0.717) is 5.92 Å². The lowest BCUT2D eigenvalue weighted by Crippen LogP contribution is -2.32. The van der Waals surface area contributed by atoms with Crippen LogP contribution < -0.4 is 5.32 Å². The van der Waals surface area contributed by atoms with Crippen LogP contribution in [0.1, 0.15) is 31.5 Å². The molecule has 4 heterocycles. The zero-order chi connectivity index (χ0) is 14.8. The van der Waals surface area contributed by atoms with Crippen LogP contribution in [0.25, 0.3) is 11.2 Å². The van der Waals surface area contributed by atoms with Crippen molar-refractivity contribution in [1.82, 2.24) is 19.9 Å². The molecular weight excluding hydrogens is 292 g/mol. The molecule has 0 bridgehead atoms. The van der Waals surface area contributed by atoms with Gasteiger partial charge in [-0.3, -0.25) is 0 Å². The van der Waals surface area contributed by atoms with Gasteiger partial charge in [0.25, 0.3) is 0 Å². The molecule has 0 spiro atoms. The Labute approximate surface area is 136 Å². The fourth-order valence-corrected chi connectivity index (χ4v) is 4.97. The molecule has 0 saturated carbocycles. The molecule has 118 valence electrons. The number of pyridine rings is 1. The molecule has 2 saturated heterocycles. The number of nitrogens with zero attached hydrogens (tertiary/aromatic N) is 3. The quantitative estimate of drug-likeness (QED) is 0.942. The summed E-state index contributed by atoms with van der Waals surface area (Å²) < 4.78 is 2.41. The summed E-state index contributed by atoms with van der Waals surface area (Å²) in [5.74, 6) is 3.28. The van der Waals surface area contributed by atoms with Gasteiger partial charge in [-0.15, -0.1) is 0 Å². The van der Waals surface area contributed by atoms with Crippen LogP contribution >= 0.6 is 11.8 Å². The van der Waals surface area contributed by atoms with E-state index in [4.69, 9.17) is 4.98 Å². The smallest absolute Gasteiger partial charge is 0.159 e. The maximum Gasteiger partial charge on any atom is 0.159 e. The lowest BCUT2D eigenvalue weighted by molar-refractivity contribution is 0.336. The van der Waals surface area contributed by atoms with Gasteiger partial charge in [0.1, 0.15) is 11.3 Å². The Bertz CT molecular complexity index is 627. The highest BCUT2D eigenvalue weighted by Crippen LogP contribution is 2.30. The Kier molecular flexibility index (Phi) is 4.35. The maximum atomic E-state index is 4.91. The van der Waals surface area contributed by atoms with E-state index in [2.05, 4.69) is 32.7 Å². The number of thioether (sulfide) groups is 1. The van der Waals surface area contributed by atoms with E-state index >= 15 is 0 Å². The van der Waals surface area contributed by atoms with Crippen molar-refractivity contribution in [3.05, 3.63) is 24.2 Å². The van der Waals surface area contributed by atoms with Crippen molar-refractivity contribution in [2.45, 2.75) is 43.9 Å². The predicted octanol–water partition coefficient (Wildman–Crippen LogP) is 2.87. The topological polar surface area (TPSA) is 42.7 Å². The standard InChI is InChI=1S/C17H24N4S/c1-4-13(11-18-7-1)12-21-16(10-14-5-3-9-22-14)20-15-6-2-8-19-17(15)21/h2,6,8,13-14,18H,1,3-5,7,9-12H2. The van der Waals surface area contributed by atoms with Crippen molar-refractivity contribution in [2.75, 3.05) is 18.8 Å². The SMILES string of the molecule is c1cnc2c(c1)nc(CC1CCCS1)n2CC1CCCNC1. The molecule has 2 unspecified atom stereocenters. The van der Waals surface area contributed by atoms with Gasteiger partial charge < -0.3 is 9.88 Å². The molecule has 1 N–H and O–H groups in total. The van der Waals surface area contributed by atoms with Gasteiger partial charge in [-0.05, 0) is 62.6 Å². The van der Waals surface area contributed by atoms with Crippen molar-refractivity contribution in [1.29, 1.82) is 0 Å². The van der Waals surface area contributed by atoms with Crippen molar-refractivity contribution in [3.8, 4) is 0 Å². The van der Waals surface area contributed by atoms with Crippen LogP contribution in [0.15, 0.2) is 18.3 Å². The van der Waals surface area contributed by atoms with Crippen LogP contribution in [-0.2, 0) is 13.0 Å². The molecule has 2 aromatic rings. The fraction of sp³-hybridized carbons (Fsp3) is 0.647. The zero-order valence-corrected chi connectivity index (χ0v) is 13.8. The first kappa shape index (κ1) is 14.5. The average Bonchev–Trinajstić information content (AvgIpc) is 3.18. The predicted molar refractivity (Wildman–Crippen MR) is 92.3 cm³/mol. The van der Waals surface area contributed by atoms with E-state index in [1.54, 1.807) is 0 Å². The lowest BCUT2D eigenvalue weighted by Gasteiger charge is -2.24. The van der Waals surface area contributed by atoms with E-state index in [-0.39, 0.29) is 0 Å². The van der Waals surface area contributed by atoms with E-state index in [9.17, 15) is 0 Å². The van der Waals surface area contributed by atoms with Crippen molar-refractivity contribution in [3.63, 3.8) is 0 Å². The molecule has 0 aliphatic carbocycles. The molecule has 0 amide bonds. The number of aromatic nitrogens is 3. The maximum absolute atomic E-state index is 4.91. The first-order valence-electron chi connectivity index (χ1n) is 8.52. The minimum absolute atomic E-state index is 0.711. The Balaban J connectivity index is 1.63. The molecule has 0 radical (unpaired) electrons. The number of piperidine rings is 1. The first-order valence-corrected chi connectivity index (χ1v) is 9.57. The first-order chi connectivity index (χ1) is 10.9. The van der Waals surface area contributed by atoms with Gasteiger partial charge in [0.15, 0.2) is 5.65 Å². The van der Waals surface area contributed by atoms with Crippen LogP contribution in [0.5, 0.6) is 0 Å². The Morgan fingerprint density at radius 2 is 2.32 bits per heavy atom. The molecule has 2 aliphatic rings. The van der Waals surface area contributed by atoms with Crippen LogP contribution in [0.3, 0.4) is 0 Å². The summed E-state index contributed by atoms with van der Waals surface area (Å²) in [5, 5.41) is 4.28. The van der Waals surface area contributed by atoms with E-state index < -0.39 is 0 Å². The van der Waals surface area contributed by atoms with E-state index in [1.165, 1.54) is 43.8 Å². The summed E-state index contributed by atoms with van der Waals surface area (Å²) in [6.07, 6.45) is 8.30. The Morgan fingerprint density at radius 1 is 1.32 bits per heavy atom. The second-order valence-electron chi connectivity index (χ2n) is 6.54. The molecule has 2 aliphatic heterocycles. The van der Waals surface area contributed by atoms with E-state index in [1.807, 2.05) is 12.3 Å². The van der Waals surface area contributed by atoms with Gasteiger partial charge >= 0.3 is 0 Å². The van der Waals surface area contributed by atoms with Gasteiger partial charge in [0.05, 0.1) is 0 Å². The van der Waals surface area contributed by atoms with Gasteiger partial charge in [0, 0.05) is 24.4 Å². The summed E-state index contributed by atoms with van der Waals surface area (Å²) in [6.45, 7) is 3.36. The van der Waals surface area contributed by atoms with Gasteiger partial charge in [-0.25, -0.2) is 9.97 Å². The number of nitrogens with one attached hydrogen (secondary N) is 1. The Hall–Kier alpha value is -1.07.